The number of fused-ring (bicyclic) bond motifs is 5. The molecule has 0 aromatic heterocycles. The van der Waals surface area contributed by atoms with Gasteiger partial charge < -0.3 is 9.84 Å². The Balaban J connectivity index is 1.71. The third kappa shape index (κ3) is 1.50. The minimum atomic E-state index is -1.05. The largest absolute Gasteiger partial charge is 0.478 e. The van der Waals surface area contributed by atoms with Crippen LogP contribution in [0.1, 0.15) is 17.3 Å². The molecule has 6 nitrogen and oxygen atoms in total. The van der Waals surface area contributed by atoms with Gasteiger partial charge in [0.1, 0.15) is 0 Å². The van der Waals surface area contributed by atoms with E-state index in [4.69, 9.17) is 9.84 Å². The minimum Gasteiger partial charge on any atom is -0.478 e. The molecule has 0 spiro atoms. The number of rotatable bonds is 2. The highest BCUT2D eigenvalue weighted by atomic mass is 16.5. The minimum absolute atomic E-state index is 0.111. The molecule has 3 heterocycles. The van der Waals surface area contributed by atoms with E-state index in [0.29, 0.717) is 5.69 Å². The van der Waals surface area contributed by atoms with Gasteiger partial charge in [-0.15, -0.1) is 0 Å². The van der Waals surface area contributed by atoms with Gasteiger partial charge in [0, 0.05) is 0 Å². The lowest BCUT2D eigenvalue weighted by atomic mass is 9.78. The van der Waals surface area contributed by atoms with Crippen LogP contribution in [0.4, 0.5) is 5.69 Å². The van der Waals surface area contributed by atoms with Crippen LogP contribution in [0.15, 0.2) is 36.4 Å². The normalized spacial score (nSPS) is 35.3. The van der Waals surface area contributed by atoms with Gasteiger partial charge in [-0.1, -0.05) is 12.2 Å². The first-order valence-electron chi connectivity index (χ1n) is 7.01. The van der Waals surface area contributed by atoms with Gasteiger partial charge >= 0.3 is 5.97 Å². The summed E-state index contributed by atoms with van der Waals surface area (Å²) in [4.78, 5) is 37.4. The van der Waals surface area contributed by atoms with Gasteiger partial charge in [0.25, 0.3) is 0 Å². The summed E-state index contributed by atoms with van der Waals surface area (Å²) in [6.45, 7) is 1.82. The number of aromatic carboxylic acids is 1. The standard InChI is InChI=1S/C16H13NO5/c1-16-7-6-10(22-16)11-12(16)14(19)17(13(11)18)9-4-2-8(3-5-9)15(20)21/h2-7,10-12H,1H3,(H,20,21)/t10-,11+,12-,16+/m1/s1. The van der Waals surface area contributed by atoms with Crippen molar-refractivity contribution < 1.29 is 24.2 Å². The van der Waals surface area contributed by atoms with Gasteiger partial charge in [0.05, 0.1) is 34.8 Å². The zero-order chi connectivity index (χ0) is 15.6. The fraction of sp³-hybridized carbons (Fsp3) is 0.312. The van der Waals surface area contributed by atoms with Gasteiger partial charge in [0.15, 0.2) is 0 Å². The first-order chi connectivity index (χ1) is 10.4. The number of hydrogen-bond donors (Lipinski definition) is 1. The van der Waals surface area contributed by atoms with E-state index < -0.39 is 23.4 Å². The van der Waals surface area contributed by atoms with Crippen molar-refractivity contribution in [2.45, 2.75) is 18.6 Å². The summed E-state index contributed by atoms with van der Waals surface area (Å²) in [6.07, 6.45) is 3.33. The second-order valence-electron chi connectivity index (χ2n) is 5.99. The number of amides is 2. The quantitative estimate of drug-likeness (QED) is 0.655. The summed E-state index contributed by atoms with van der Waals surface area (Å²) in [5.74, 6) is -2.61. The highest BCUT2D eigenvalue weighted by Gasteiger charge is 2.65. The zero-order valence-corrected chi connectivity index (χ0v) is 11.7. The van der Waals surface area contributed by atoms with Gasteiger partial charge in [-0.2, -0.15) is 0 Å². The highest BCUT2D eigenvalue weighted by Crippen LogP contribution is 2.52. The molecule has 0 radical (unpaired) electrons. The molecule has 112 valence electrons. The van der Waals surface area contributed by atoms with Gasteiger partial charge in [-0.25, -0.2) is 9.69 Å². The molecule has 6 heteroatoms. The van der Waals surface area contributed by atoms with Crippen molar-refractivity contribution in [2.24, 2.45) is 11.8 Å². The molecule has 3 aliphatic heterocycles. The predicted octanol–water partition coefficient (Wildman–Crippen LogP) is 1.22. The number of hydrogen-bond acceptors (Lipinski definition) is 4. The number of benzene rings is 1. The van der Waals surface area contributed by atoms with Crippen LogP contribution in [0.5, 0.6) is 0 Å². The van der Waals surface area contributed by atoms with E-state index >= 15 is 0 Å². The van der Waals surface area contributed by atoms with Crippen LogP contribution in [-0.4, -0.2) is 34.6 Å². The van der Waals surface area contributed by atoms with Crippen LogP contribution in [0.2, 0.25) is 0 Å². The molecule has 2 bridgehead atoms. The van der Waals surface area contributed by atoms with Crippen molar-refractivity contribution in [1.82, 2.24) is 0 Å². The van der Waals surface area contributed by atoms with E-state index in [1.165, 1.54) is 24.3 Å². The van der Waals surface area contributed by atoms with Crippen molar-refractivity contribution >= 4 is 23.5 Å². The SMILES string of the molecule is C[C@@]12C=C[C@@H](O1)[C@@H]1C(=O)N(c3ccc(C(=O)O)cc3)C(=O)[C@@H]12. The number of carbonyl (C=O) groups is 3. The summed E-state index contributed by atoms with van der Waals surface area (Å²) in [7, 11) is 0. The molecular weight excluding hydrogens is 286 g/mol. The number of carboxylic acid groups (broad SMARTS) is 1. The average molecular weight is 299 g/mol. The molecule has 0 unspecified atom stereocenters. The average Bonchev–Trinajstić information content (AvgIpc) is 3.08. The number of anilines is 1. The summed E-state index contributed by atoms with van der Waals surface area (Å²) in [6, 6.07) is 5.74. The molecule has 2 saturated heterocycles. The second kappa shape index (κ2) is 4.04. The Morgan fingerprint density at radius 3 is 2.50 bits per heavy atom. The maximum absolute atomic E-state index is 12.7. The lowest BCUT2D eigenvalue weighted by Crippen LogP contribution is -2.38. The molecule has 1 N–H and O–H groups in total. The van der Waals surface area contributed by atoms with Crippen molar-refractivity contribution in [3.05, 3.63) is 42.0 Å². The van der Waals surface area contributed by atoms with E-state index in [9.17, 15) is 14.4 Å². The van der Waals surface area contributed by atoms with Crippen LogP contribution in [-0.2, 0) is 14.3 Å². The Morgan fingerprint density at radius 1 is 1.23 bits per heavy atom. The smallest absolute Gasteiger partial charge is 0.335 e. The maximum atomic E-state index is 12.7. The maximum Gasteiger partial charge on any atom is 0.335 e. The Bertz CT molecular complexity index is 737. The van der Waals surface area contributed by atoms with Crippen LogP contribution in [0.25, 0.3) is 0 Å². The molecule has 22 heavy (non-hydrogen) atoms. The monoisotopic (exact) mass is 299 g/mol. The van der Waals surface area contributed by atoms with E-state index in [1.54, 1.807) is 0 Å². The fourth-order valence-electron chi connectivity index (χ4n) is 3.66. The van der Waals surface area contributed by atoms with Crippen molar-refractivity contribution in [3.8, 4) is 0 Å². The molecule has 1 aromatic carbocycles. The molecule has 3 aliphatic rings. The summed E-state index contributed by atoms with van der Waals surface area (Å²) >= 11 is 0. The third-order valence-corrected chi connectivity index (χ3v) is 4.70. The number of carboxylic acids is 1. The molecule has 2 fully saturated rings. The fourth-order valence-corrected chi connectivity index (χ4v) is 3.66. The van der Waals surface area contributed by atoms with Gasteiger partial charge in [-0.05, 0) is 31.2 Å². The Morgan fingerprint density at radius 2 is 1.91 bits per heavy atom. The van der Waals surface area contributed by atoms with E-state index in [-0.39, 0.29) is 23.5 Å². The van der Waals surface area contributed by atoms with Crippen molar-refractivity contribution in [3.63, 3.8) is 0 Å². The van der Waals surface area contributed by atoms with Gasteiger partial charge in [0.2, 0.25) is 11.8 Å². The topological polar surface area (TPSA) is 83.9 Å². The lowest BCUT2D eigenvalue weighted by molar-refractivity contribution is -0.126. The number of imide groups is 1. The van der Waals surface area contributed by atoms with Crippen LogP contribution in [0.3, 0.4) is 0 Å². The summed E-state index contributed by atoms with van der Waals surface area (Å²) in [5.41, 5.74) is -0.213. The zero-order valence-electron chi connectivity index (χ0n) is 11.7. The first-order valence-corrected chi connectivity index (χ1v) is 7.01. The molecule has 1 aromatic rings. The van der Waals surface area contributed by atoms with Crippen molar-refractivity contribution in [1.29, 1.82) is 0 Å². The molecular formula is C16H13NO5. The third-order valence-electron chi connectivity index (χ3n) is 4.70. The number of carbonyl (C=O) groups excluding carboxylic acids is 2. The summed E-state index contributed by atoms with van der Waals surface area (Å²) in [5, 5.41) is 8.92. The van der Waals surface area contributed by atoms with E-state index in [1.807, 2.05) is 19.1 Å². The van der Waals surface area contributed by atoms with Gasteiger partial charge in [-0.3, -0.25) is 9.59 Å². The molecule has 2 amide bonds. The van der Waals surface area contributed by atoms with Crippen LogP contribution >= 0.6 is 0 Å². The lowest BCUT2D eigenvalue weighted by Gasteiger charge is -2.24. The summed E-state index contributed by atoms with van der Waals surface area (Å²) < 4.78 is 5.75. The highest BCUT2D eigenvalue weighted by molar-refractivity contribution is 6.23. The van der Waals surface area contributed by atoms with Crippen LogP contribution in [0, 0.1) is 11.8 Å². The number of ether oxygens (including phenoxy) is 1. The molecule has 4 rings (SSSR count). The Hall–Kier alpha value is -2.47. The molecule has 0 saturated carbocycles. The van der Waals surface area contributed by atoms with E-state index in [2.05, 4.69) is 0 Å². The van der Waals surface area contributed by atoms with Crippen molar-refractivity contribution in [2.75, 3.05) is 4.90 Å². The van der Waals surface area contributed by atoms with E-state index in [0.717, 1.165) is 4.90 Å². The number of nitrogens with zero attached hydrogens (tertiary/aromatic N) is 1. The predicted molar refractivity (Wildman–Crippen MR) is 75.3 cm³/mol. The first kappa shape index (κ1) is 13.2. The molecule has 0 aliphatic carbocycles. The Kier molecular flexibility index (Phi) is 2.43. The van der Waals surface area contributed by atoms with Crippen LogP contribution < -0.4 is 4.90 Å². The Labute approximate surface area is 126 Å². The molecule has 4 atom stereocenters. The second-order valence-corrected chi connectivity index (χ2v) is 5.99.